The minimum atomic E-state index is -0.317. The predicted octanol–water partition coefficient (Wildman–Crippen LogP) is 4.38. The Morgan fingerprint density at radius 1 is 1.03 bits per heavy atom. The number of anilines is 1. The molecule has 0 atom stereocenters. The number of amides is 2. The fraction of sp³-hybridized carbons (Fsp3) is 0.348. The van der Waals surface area contributed by atoms with E-state index in [9.17, 15) is 9.59 Å². The van der Waals surface area contributed by atoms with E-state index in [1.807, 2.05) is 37.3 Å². The Labute approximate surface area is 171 Å². The first-order chi connectivity index (χ1) is 14.1. The molecule has 0 radical (unpaired) electrons. The minimum Gasteiger partial charge on any atom is -0.349 e. The number of benzene rings is 1. The average Bonchev–Trinajstić information content (AvgIpc) is 3.12. The molecule has 0 spiro atoms. The topological polar surface area (TPSA) is 75.5 Å². The molecule has 6 nitrogen and oxygen atoms in total. The second kappa shape index (κ2) is 9.37. The third-order valence-electron chi connectivity index (χ3n) is 5.01. The van der Waals surface area contributed by atoms with E-state index in [0.717, 1.165) is 42.5 Å². The molecule has 0 saturated carbocycles. The third kappa shape index (κ3) is 4.47. The summed E-state index contributed by atoms with van der Waals surface area (Å²) in [5.74, 6) is -0.364. The van der Waals surface area contributed by atoms with Crippen molar-refractivity contribution in [3.05, 3.63) is 65.2 Å². The standard InChI is InChI=1S/C23H28N4O2/c1-4-6-8-14-24-23(29)21-25-20(18-13-7-9-15-27(18)21)22(28)26-19-16(3)11-10-12-17(19)5-2/h7,9-13,15H,4-6,8,14H2,1-3H3,(H,24,29)(H,26,28). The molecule has 2 N–H and O–H groups in total. The highest BCUT2D eigenvalue weighted by Gasteiger charge is 2.22. The molecular weight excluding hydrogens is 364 g/mol. The molecule has 3 rings (SSSR count). The average molecular weight is 393 g/mol. The number of aryl methyl sites for hydroxylation is 2. The Morgan fingerprint density at radius 2 is 1.86 bits per heavy atom. The van der Waals surface area contributed by atoms with E-state index >= 15 is 0 Å². The maximum absolute atomic E-state index is 13.1. The number of rotatable bonds is 8. The van der Waals surface area contributed by atoms with E-state index in [4.69, 9.17) is 0 Å². The molecule has 0 aliphatic carbocycles. The van der Waals surface area contributed by atoms with Crippen LogP contribution >= 0.6 is 0 Å². The summed E-state index contributed by atoms with van der Waals surface area (Å²) in [5, 5.41) is 5.91. The SMILES string of the molecule is CCCCCNC(=O)c1nc(C(=O)Nc2c(C)cccc2CC)c2ccccn12. The van der Waals surface area contributed by atoms with Gasteiger partial charge in [-0.25, -0.2) is 4.98 Å². The molecule has 0 saturated heterocycles. The molecule has 1 aromatic carbocycles. The van der Waals surface area contributed by atoms with Crippen molar-refractivity contribution in [2.45, 2.75) is 46.5 Å². The van der Waals surface area contributed by atoms with Crippen LogP contribution < -0.4 is 10.6 Å². The molecular formula is C23H28N4O2. The number of unbranched alkanes of at least 4 members (excludes halogenated alkanes) is 2. The second-order valence-electron chi connectivity index (χ2n) is 7.12. The lowest BCUT2D eigenvalue weighted by atomic mass is 10.1. The van der Waals surface area contributed by atoms with Gasteiger partial charge in [0.25, 0.3) is 11.8 Å². The van der Waals surface area contributed by atoms with Crippen LogP contribution in [0.2, 0.25) is 0 Å². The first-order valence-electron chi connectivity index (χ1n) is 10.2. The number of para-hydroxylation sites is 1. The maximum atomic E-state index is 13.1. The van der Waals surface area contributed by atoms with Gasteiger partial charge in [0.05, 0.1) is 5.52 Å². The summed E-state index contributed by atoms with van der Waals surface area (Å²) < 4.78 is 1.67. The number of aromatic nitrogens is 2. The quantitative estimate of drug-likeness (QED) is 0.559. The molecule has 6 heteroatoms. The zero-order valence-corrected chi connectivity index (χ0v) is 17.3. The summed E-state index contributed by atoms with van der Waals surface area (Å²) in [6.45, 7) is 6.74. The fourth-order valence-electron chi connectivity index (χ4n) is 3.40. The third-order valence-corrected chi connectivity index (χ3v) is 5.01. The van der Waals surface area contributed by atoms with Gasteiger partial charge in [0.2, 0.25) is 5.82 Å². The summed E-state index contributed by atoms with van der Waals surface area (Å²) in [6, 6.07) is 11.4. The van der Waals surface area contributed by atoms with E-state index in [1.54, 1.807) is 16.7 Å². The van der Waals surface area contributed by atoms with E-state index in [2.05, 4.69) is 29.5 Å². The van der Waals surface area contributed by atoms with Gasteiger partial charge >= 0.3 is 0 Å². The van der Waals surface area contributed by atoms with Gasteiger partial charge in [-0.2, -0.15) is 0 Å². The number of nitrogens with one attached hydrogen (secondary N) is 2. The lowest BCUT2D eigenvalue weighted by Crippen LogP contribution is -2.26. The first-order valence-corrected chi connectivity index (χ1v) is 10.2. The van der Waals surface area contributed by atoms with E-state index < -0.39 is 0 Å². The molecule has 0 aliphatic heterocycles. The van der Waals surface area contributed by atoms with Crippen LogP contribution in [-0.4, -0.2) is 27.7 Å². The number of fused-ring (bicyclic) bond motifs is 1. The van der Waals surface area contributed by atoms with Crippen LogP contribution in [0.15, 0.2) is 42.6 Å². The van der Waals surface area contributed by atoms with Crippen LogP contribution in [-0.2, 0) is 6.42 Å². The van der Waals surface area contributed by atoms with Crippen molar-refractivity contribution in [3.8, 4) is 0 Å². The minimum absolute atomic E-state index is 0.225. The van der Waals surface area contributed by atoms with Gasteiger partial charge in [0, 0.05) is 18.4 Å². The van der Waals surface area contributed by atoms with E-state index in [1.165, 1.54) is 0 Å². The molecule has 3 aromatic rings. The number of nitrogens with zero attached hydrogens (tertiary/aromatic N) is 2. The molecule has 0 unspecified atom stereocenters. The highest BCUT2D eigenvalue weighted by Crippen LogP contribution is 2.23. The Kier molecular flexibility index (Phi) is 6.65. The van der Waals surface area contributed by atoms with Crippen molar-refractivity contribution in [2.24, 2.45) is 0 Å². The number of hydrogen-bond acceptors (Lipinski definition) is 3. The first kappa shape index (κ1) is 20.6. The highest BCUT2D eigenvalue weighted by molar-refractivity contribution is 6.09. The second-order valence-corrected chi connectivity index (χ2v) is 7.12. The van der Waals surface area contributed by atoms with Gasteiger partial charge in [-0.15, -0.1) is 0 Å². The summed E-state index contributed by atoms with van der Waals surface area (Å²) in [7, 11) is 0. The zero-order chi connectivity index (χ0) is 20.8. The van der Waals surface area contributed by atoms with Crippen molar-refractivity contribution in [3.63, 3.8) is 0 Å². The summed E-state index contributed by atoms with van der Waals surface area (Å²) in [6.07, 6.45) is 5.64. The number of carbonyl (C=O) groups excluding carboxylic acids is 2. The summed E-state index contributed by atoms with van der Waals surface area (Å²) in [5.41, 5.74) is 3.72. The molecule has 0 fully saturated rings. The number of hydrogen-bond donors (Lipinski definition) is 2. The normalized spacial score (nSPS) is 10.9. The molecule has 2 amide bonds. The van der Waals surface area contributed by atoms with Gasteiger partial charge in [0.1, 0.15) is 0 Å². The van der Waals surface area contributed by atoms with Gasteiger partial charge in [0.15, 0.2) is 5.69 Å². The molecule has 2 aromatic heterocycles. The Morgan fingerprint density at radius 3 is 2.62 bits per heavy atom. The largest absolute Gasteiger partial charge is 0.349 e. The van der Waals surface area contributed by atoms with E-state index in [-0.39, 0.29) is 23.3 Å². The molecule has 2 heterocycles. The summed E-state index contributed by atoms with van der Waals surface area (Å²) >= 11 is 0. The smallest absolute Gasteiger partial charge is 0.287 e. The lowest BCUT2D eigenvalue weighted by molar-refractivity contribution is 0.0942. The van der Waals surface area contributed by atoms with Crippen molar-refractivity contribution >= 4 is 23.0 Å². The van der Waals surface area contributed by atoms with Crippen molar-refractivity contribution in [2.75, 3.05) is 11.9 Å². The predicted molar refractivity (Wildman–Crippen MR) is 116 cm³/mol. The van der Waals surface area contributed by atoms with E-state index in [0.29, 0.717) is 12.1 Å². The summed E-state index contributed by atoms with van der Waals surface area (Å²) in [4.78, 5) is 30.1. The van der Waals surface area contributed by atoms with Crippen molar-refractivity contribution in [1.29, 1.82) is 0 Å². The van der Waals surface area contributed by atoms with Crippen LogP contribution in [0.5, 0.6) is 0 Å². The van der Waals surface area contributed by atoms with Crippen molar-refractivity contribution < 1.29 is 9.59 Å². The van der Waals surface area contributed by atoms with Crippen LogP contribution in [0.4, 0.5) is 5.69 Å². The zero-order valence-electron chi connectivity index (χ0n) is 17.3. The Balaban J connectivity index is 1.90. The monoisotopic (exact) mass is 392 g/mol. The Hall–Kier alpha value is -3.15. The van der Waals surface area contributed by atoms with Gasteiger partial charge < -0.3 is 10.6 Å². The molecule has 29 heavy (non-hydrogen) atoms. The fourth-order valence-corrected chi connectivity index (χ4v) is 3.40. The van der Waals surface area contributed by atoms with Gasteiger partial charge in [-0.05, 0) is 43.0 Å². The number of imidazole rings is 1. The maximum Gasteiger partial charge on any atom is 0.287 e. The van der Waals surface area contributed by atoms with Crippen molar-refractivity contribution in [1.82, 2.24) is 14.7 Å². The van der Waals surface area contributed by atoms with Gasteiger partial charge in [-0.1, -0.05) is 51.0 Å². The molecule has 0 aliphatic rings. The van der Waals surface area contributed by atoms with Crippen LogP contribution in [0.25, 0.3) is 5.52 Å². The van der Waals surface area contributed by atoms with Crippen LogP contribution in [0.3, 0.4) is 0 Å². The molecule has 152 valence electrons. The van der Waals surface area contributed by atoms with Crippen LogP contribution in [0.1, 0.15) is 65.3 Å². The highest BCUT2D eigenvalue weighted by atomic mass is 16.2. The number of pyridine rings is 1. The van der Waals surface area contributed by atoms with Crippen LogP contribution in [0, 0.1) is 6.92 Å². The number of carbonyl (C=O) groups is 2. The Bertz CT molecular complexity index is 1020. The van der Waals surface area contributed by atoms with Gasteiger partial charge in [-0.3, -0.25) is 14.0 Å². The lowest BCUT2D eigenvalue weighted by Gasteiger charge is -2.12. The molecule has 0 bridgehead atoms.